The number of phenolic OH excluding ortho intramolecular Hbond substituents is 1. The van der Waals surface area contributed by atoms with Gasteiger partial charge in [0.05, 0.1) is 11.7 Å². The van der Waals surface area contributed by atoms with Crippen molar-refractivity contribution in [3.05, 3.63) is 42.5 Å². The minimum Gasteiger partial charge on any atom is -0.507 e. The summed E-state index contributed by atoms with van der Waals surface area (Å²) >= 11 is 0. The fraction of sp³-hybridized carbons (Fsp3) is 0.278. The Balaban J connectivity index is 1.82. The second-order valence-electron chi connectivity index (χ2n) is 6.26. The molecule has 0 saturated heterocycles. The lowest BCUT2D eigenvalue weighted by atomic mass is 10.0. The number of halogens is 1. The Hall–Kier alpha value is -2.80. The van der Waals surface area contributed by atoms with Gasteiger partial charge in [0.1, 0.15) is 17.3 Å². The highest BCUT2D eigenvalue weighted by molar-refractivity contribution is 6.00. The van der Waals surface area contributed by atoms with E-state index in [1.807, 2.05) is 0 Å². The van der Waals surface area contributed by atoms with E-state index >= 15 is 0 Å². The van der Waals surface area contributed by atoms with E-state index in [-0.39, 0.29) is 29.2 Å². The second-order valence-corrected chi connectivity index (χ2v) is 6.26. The Morgan fingerprint density at radius 2 is 2.00 bits per heavy atom. The molecular weight excluding hydrogens is 323 g/mol. The monoisotopic (exact) mass is 340 g/mol. The molecule has 1 aliphatic carbocycles. The fourth-order valence-corrected chi connectivity index (χ4v) is 3.32. The molecule has 3 aromatic rings. The van der Waals surface area contributed by atoms with Crippen molar-refractivity contribution in [1.82, 2.24) is 15.2 Å². The van der Waals surface area contributed by atoms with E-state index in [4.69, 9.17) is 0 Å². The van der Waals surface area contributed by atoms with Crippen LogP contribution in [-0.2, 0) is 0 Å². The van der Waals surface area contributed by atoms with Crippen LogP contribution in [0.15, 0.2) is 36.7 Å². The third-order valence-corrected chi connectivity index (χ3v) is 4.56. The first kappa shape index (κ1) is 15.7. The molecule has 2 heterocycles. The summed E-state index contributed by atoms with van der Waals surface area (Å²) in [7, 11) is 0. The van der Waals surface area contributed by atoms with Gasteiger partial charge in [-0.2, -0.15) is 0 Å². The molecule has 2 atom stereocenters. The molecule has 128 valence electrons. The minimum absolute atomic E-state index is 0.0100. The van der Waals surface area contributed by atoms with Crippen LogP contribution in [0.3, 0.4) is 0 Å². The second kappa shape index (κ2) is 6.25. The van der Waals surface area contributed by atoms with Crippen LogP contribution in [0.5, 0.6) is 5.75 Å². The van der Waals surface area contributed by atoms with Gasteiger partial charge in [-0.1, -0.05) is 6.07 Å². The van der Waals surface area contributed by atoms with E-state index in [9.17, 15) is 14.6 Å². The summed E-state index contributed by atoms with van der Waals surface area (Å²) in [5.74, 6) is -0.200. The third-order valence-electron chi connectivity index (χ3n) is 4.56. The molecule has 4 rings (SSSR count). The molecule has 0 bridgehead atoms. The largest absolute Gasteiger partial charge is 0.507 e. The van der Waals surface area contributed by atoms with E-state index < -0.39 is 5.82 Å². The number of rotatable bonds is 3. The Bertz CT molecular complexity index is 914. The Morgan fingerprint density at radius 1 is 1.12 bits per heavy atom. The molecule has 3 N–H and O–H groups in total. The average molecular weight is 340 g/mol. The summed E-state index contributed by atoms with van der Waals surface area (Å²) in [4.78, 5) is 4.10. The molecule has 0 spiro atoms. The lowest BCUT2D eigenvalue weighted by Gasteiger charge is -2.15. The highest BCUT2D eigenvalue weighted by atomic mass is 19.1. The molecule has 1 aromatic carbocycles. The molecule has 7 heteroatoms. The summed E-state index contributed by atoms with van der Waals surface area (Å²) in [5, 5.41) is 32.7. The van der Waals surface area contributed by atoms with Crippen LogP contribution in [0.25, 0.3) is 22.0 Å². The predicted molar refractivity (Wildman–Crippen MR) is 91.7 cm³/mol. The molecule has 0 amide bonds. The molecule has 1 saturated carbocycles. The number of nitrogens with one attached hydrogen (secondary N) is 1. The first-order chi connectivity index (χ1) is 12.1. The van der Waals surface area contributed by atoms with Gasteiger partial charge in [0, 0.05) is 29.2 Å². The SMILES string of the molecule is Oc1cccc(F)c1-c1nnc(N[C@@H]2CC[C@H](O)C2)c2ccncc12. The van der Waals surface area contributed by atoms with Crippen molar-refractivity contribution in [3.63, 3.8) is 0 Å². The van der Waals surface area contributed by atoms with Crippen LogP contribution in [-0.4, -0.2) is 37.5 Å². The Kier molecular flexibility index (Phi) is 3.93. The van der Waals surface area contributed by atoms with Gasteiger partial charge in [-0.15, -0.1) is 10.2 Å². The number of hydrogen-bond donors (Lipinski definition) is 3. The summed E-state index contributed by atoms with van der Waals surface area (Å²) in [6.07, 6.45) is 5.18. The van der Waals surface area contributed by atoms with Crippen molar-refractivity contribution in [1.29, 1.82) is 0 Å². The normalized spacial score (nSPS) is 20.1. The van der Waals surface area contributed by atoms with Crippen molar-refractivity contribution in [2.45, 2.75) is 31.4 Å². The topological polar surface area (TPSA) is 91.2 Å². The van der Waals surface area contributed by atoms with E-state index in [2.05, 4.69) is 20.5 Å². The van der Waals surface area contributed by atoms with Crippen LogP contribution >= 0.6 is 0 Å². The van der Waals surface area contributed by atoms with Crippen molar-refractivity contribution in [2.24, 2.45) is 0 Å². The zero-order valence-corrected chi connectivity index (χ0v) is 13.4. The predicted octanol–water partition coefficient (Wildman–Crippen LogP) is 2.86. The lowest BCUT2D eigenvalue weighted by Crippen LogP contribution is -2.18. The summed E-state index contributed by atoms with van der Waals surface area (Å²) in [6, 6.07) is 6.01. The minimum atomic E-state index is -0.570. The maximum atomic E-state index is 14.2. The van der Waals surface area contributed by atoms with Gasteiger partial charge in [0.15, 0.2) is 5.82 Å². The number of aromatic nitrogens is 3. The van der Waals surface area contributed by atoms with Gasteiger partial charge < -0.3 is 15.5 Å². The molecule has 25 heavy (non-hydrogen) atoms. The zero-order valence-electron chi connectivity index (χ0n) is 13.4. The maximum absolute atomic E-state index is 14.2. The van der Waals surface area contributed by atoms with Crippen LogP contribution in [0, 0.1) is 5.82 Å². The molecule has 0 radical (unpaired) electrons. The van der Waals surface area contributed by atoms with Crippen molar-refractivity contribution in [3.8, 4) is 17.0 Å². The van der Waals surface area contributed by atoms with E-state index in [1.165, 1.54) is 18.2 Å². The number of phenols is 1. The highest BCUT2D eigenvalue weighted by Gasteiger charge is 2.24. The van der Waals surface area contributed by atoms with Crippen molar-refractivity contribution >= 4 is 16.6 Å². The number of aromatic hydroxyl groups is 1. The van der Waals surface area contributed by atoms with Crippen molar-refractivity contribution < 1.29 is 14.6 Å². The van der Waals surface area contributed by atoms with Gasteiger partial charge in [0.25, 0.3) is 0 Å². The maximum Gasteiger partial charge on any atom is 0.156 e. The molecular formula is C18H17FN4O2. The van der Waals surface area contributed by atoms with Gasteiger partial charge in [0.2, 0.25) is 0 Å². The van der Waals surface area contributed by atoms with Crippen molar-refractivity contribution in [2.75, 3.05) is 5.32 Å². The Labute approximate surface area is 143 Å². The van der Waals surface area contributed by atoms with Crippen LogP contribution in [0.1, 0.15) is 19.3 Å². The van der Waals surface area contributed by atoms with Gasteiger partial charge in [-0.05, 0) is 37.5 Å². The van der Waals surface area contributed by atoms with Crippen LogP contribution in [0.4, 0.5) is 10.2 Å². The number of aliphatic hydroxyl groups is 1. The number of nitrogens with zero attached hydrogens (tertiary/aromatic N) is 3. The van der Waals surface area contributed by atoms with Gasteiger partial charge in [-0.3, -0.25) is 4.98 Å². The summed E-state index contributed by atoms with van der Waals surface area (Å²) in [5.41, 5.74) is 0.256. The zero-order chi connectivity index (χ0) is 17.4. The molecule has 0 unspecified atom stereocenters. The number of aliphatic hydroxyl groups excluding tert-OH is 1. The molecule has 6 nitrogen and oxygen atoms in total. The van der Waals surface area contributed by atoms with Crippen LogP contribution in [0.2, 0.25) is 0 Å². The number of anilines is 1. The van der Waals surface area contributed by atoms with Gasteiger partial charge in [-0.25, -0.2) is 4.39 Å². The number of fused-ring (bicyclic) bond motifs is 1. The first-order valence-corrected chi connectivity index (χ1v) is 8.16. The van der Waals surface area contributed by atoms with Crippen LogP contribution < -0.4 is 5.32 Å². The lowest BCUT2D eigenvalue weighted by molar-refractivity contribution is 0.182. The fourth-order valence-electron chi connectivity index (χ4n) is 3.32. The van der Waals surface area contributed by atoms with E-state index in [1.54, 1.807) is 18.5 Å². The number of pyridine rings is 1. The summed E-state index contributed by atoms with van der Waals surface area (Å²) in [6.45, 7) is 0. The number of hydrogen-bond acceptors (Lipinski definition) is 6. The first-order valence-electron chi connectivity index (χ1n) is 8.16. The molecule has 1 fully saturated rings. The Morgan fingerprint density at radius 3 is 2.76 bits per heavy atom. The third kappa shape index (κ3) is 2.87. The summed E-state index contributed by atoms with van der Waals surface area (Å²) < 4.78 is 14.2. The van der Waals surface area contributed by atoms with E-state index in [0.717, 1.165) is 18.2 Å². The van der Waals surface area contributed by atoms with Gasteiger partial charge >= 0.3 is 0 Å². The van der Waals surface area contributed by atoms with E-state index in [0.29, 0.717) is 17.6 Å². The molecule has 0 aliphatic heterocycles. The average Bonchev–Trinajstić information content (AvgIpc) is 3.01. The number of benzene rings is 1. The molecule has 2 aromatic heterocycles. The smallest absolute Gasteiger partial charge is 0.156 e. The highest BCUT2D eigenvalue weighted by Crippen LogP contribution is 2.36. The quantitative estimate of drug-likeness (QED) is 0.679. The molecule has 1 aliphatic rings. The standard InChI is InChI=1S/C18H17FN4O2/c19-14-2-1-3-15(25)16(14)17-13-9-20-7-6-12(13)18(23-22-17)21-10-4-5-11(24)8-10/h1-3,6-7,9-11,24-25H,4-5,8H2,(H,21,23)/t10-,11+/m1/s1.